The molecule has 0 spiro atoms. The first-order valence-electron chi connectivity index (χ1n) is 31.3. The highest BCUT2D eigenvalue weighted by atomic mass is 16.7. The summed E-state index contributed by atoms with van der Waals surface area (Å²) in [4.78, 5) is 13.1. The fourth-order valence-corrected chi connectivity index (χ4v) is 10.0. The molecule has 6 N–H and O–H groups in total. The Morgan fingerprint density at radius 1 is 0.479 bits per heavy atom. The van der Waals surface area contributed by atoms with Crippen LogP contribution in [-0.4, -0.2) is 87.5 Å². The molecule has 1 aliphatic heterocycles. The molecule has 1 aliphatic rings. The first-order valence-corrected chi connectivity index (χ1v) is 31.3. The lowest BCUT2D eigenvalue weighted by Crippen LogP contribution is -2.60. The predicted octanol–water partition coefficient (Wildman–Crippen LogP) is 16.1. The van der Waals surface area contributed by atoms with E-state index >= 15 is 0 Å². The lowest BCUT2D eigenvalue weighted by Gasteiger charge is -2.40. The minimum atomic E-state index is -1.55. The number of aliphatic hydroxyl groups is 5. The normalized spacial score (nSPS) is 19.4. The summed E-state index contributed by atoms with van der Waals surface area (Å²) in [5.41, 5.74) is 0. The summed E-state index contributed by atoms with van der Waals surface area (Å²) in [5.74, 6) is -0.140. The Kier molecular flexibility index (Phi) is 50.7. The van der Waals surface area contributed by atoms with Gasteiger partial charge in [0.2, 0.25) is 5.91 Å². The average Bonchev–Trinajstić information content (AvgIpc) is 3.39. The predicted molar refractivity (Wildman–Crippen MR) is 309 cm³/mol. The zero-order chi connectivity index (χ0) is 52.9. The van der Waals surface area contributed by atoms with Gasteiger partial charge in [-0.15, -0.1) is 0 Å². The lowest BCUT2D eigenvalue weighted by molar-refractivity contribution is -0.302. The maximum Gasteiger partial charge on any atom is 0.220 e. The molecule has 1 rings (SSSR count). The maximum absolute atomic E-state index is 13.1. The van der Waals surface area contributed by atoms with Gasteiger partial charge in [0.15, 0.2) is 6.29 Å². The summed E-state index contributed by atoms with van der Waals surface area (Å²) in [7, 11) is 0. The minimum Gasteiger partial charge on any atom is -0.394 e. The molecular weight excluding hydrogens is 911 g/mol. The zero-order valence-corrected chi connectivity index (χ0v) is 47.6. The van der Waals surface area contributed by atoms with E-state index in [1.54, 1.807) is 0 Å². The molecule has 0 bridgehead atoms. The maximum atomic E-state index is 13.1. The van der Waals surface area contributed by atoms with E-state index in [0.717, 1.165) is 64.2 Å². The van der Waals surface area contributed by atoms with Gasteiger partial charge >= 0.3 is 0 Å². The fourth-order valence-electron chi connectivity index (χ4n) is 10.0. The molecule has 0 aromatic carbocycles. The topological polar surface area (TPSA) is 149 Å². The standard InChI is InChI=1S/C64H119NO8/c1-3-5-7-9-11-13-15-17-19-21-23-24-25-26-27-28-29-30-31-32-33-34-36-38-40-42-44-46-48-50-52-54-60(68)65-57(56-72-64-63(71)62(70)61(69)59(55-66)73-64)58(67)53-51-49-47-45-43-41-39-37-35-22-20-18-16-14-12-10-8-6-4-2/h5,7,11,13,17,19,23-24,57-59,61-64,66-67,69-71H,3-4,6,8-10,12,14-16,18,20-22,25-56H2,1-2H3,(H,65,68)/b7-5-,13-11-,19-17-,24-23-. The summed E-state index contributed by atoms with van der Waals surface area (Å²) in [5, 5.41) is 54.8. The molecule has 0 saturated carbocycles. The van der Waals surface area contributed by atoms with E-state index in [4.69, 9.17) is 9.47 Å². The molecule has 0 radical (unpaired) electrons. The van der Waals surface area contributed by atoms with E-state index in [-0.39, 0.29) is 12.5 Å². The molecule has 7 unspecified atom stereocenters. The van der Waals surface area contributed by atoms with Crippen LogP contribution < -0.4 is 5.32 Å². The monoisotopic (exact) mass is 1030 g/mol. The molecule has 428 valence electrons. The zero-order valence-electron chi connectivity index (χ0n) is 47.6. The number of carbonyl (C=O) groups excluding carboxylic acids is 1. The van der Waals surface area contributed by atoms with Crippen molar-refractivity contribution < 1.29 is 39.8 Å². The van der Waals surface area contributed by atoms with E-state index in [2.05, 4.69) is 67.8 Å². The second kappa shape index (κ2) is 53.5. The Morgan fingerprint density at radius 2 is 0.849 bits per heavy atom. The summed E-state index contributed by atoms with van der Waals surface area (Å²) in [6.07, 6.45) is 64.4. The van der Waals surface area contributed by atoms with Crippen molar-refractivity contribution in [2.24, 2.45) is 0 Å². The molecule has 73 heavy (non-hydrogen) atoms. The van der Waals surface area contributed by atoms with Crippen molar-refractivity contribution in [3.05, 3.63) is 48.6 Å². The highest BCUT2D eigenvalue weighted by molar-refractivity contribution is 5.76. The van der Waals surface area contributed by atoms with Gasteiger partial charge in [-0.05, 0) is 51.4 Å². The molecular formula is C64H119NO8. The number of aliphatic hydroxyl groups excluding tert-OH is 5. The van der Waals surface area contributed by atoms with Crippen LogP contribution in [0.1, 0.15) is 296 Å². The van der Waals surface area contributed by atoms with Crippen LogP contribution in [0.3, 0.4) is 0 Å². The number of allylic oxidation sites excluding steroid dienone is 8. The third-order valence-electron chi connectivity index (χ3n) is 14.9. The molecule has 1 fully saturated rings. The smallest absolute Gasteiger partial charge is 0.220 e. The van der Waals surface area contributed by atoms with E-state index < -0.39 is 49.5 Å². The van der Waals surface area contributed by atoms with Gasteiger partial charge in [0.1, 0.15) is 24.4 Å². The molecule has 9 heteroatoms. The van der Waals surface area contributed by atoms with Crippen LogP contribution in [0.4, 0.5) is 0 Å². The highest BCUT2D eigenvalue weighted by Gasteiger charge is 2.44. The third kappa shape index (κ3) is 42.9. The van der Waals surface area contributed by atoms with Gasteiger partial charge in [0.05, 0.1) is 25.4 Å². The van der Waals surface area contributed by atoms with Crippen LogP contribution in [0.2, 0.25) is 0 Å². The van der Waals surface area contributed by atoms with Gasteiger partial charge in [-0.2, -0.15) is 0 Å². The van der Waals surface area contributed by atoms with E-state index in [9.17, 15) is 30.3 Å². The SMILES string of the molecule is CC/C=C\C/C=C\C/C=C\C/C=C\CCCCCCCCCCCCCCCCCCCCC(=O)NC(COC1OC(CO)C(O)C(O)C1O)C(O)CCCCCCCCCCCCCCCCCCCCC. The van der Waals surface area contributed by atoms with Crippen LogP contribution in [-0.2, 0) is 14.3 Å². The van der Waals surface area contributed by atoms with Gasteiger partial charge in [0, 0.05) is 6.42 Å². The number of amides is 1. The van der Waals surface area contributed by atoms with Crippen molar-refractivity contribution in [3.8, 4) is 0 Å². The highest BCUT2D eigenvalue weighted by Crippen LogP contribution is 2.23. The quantitative estimate of drug-likeness (QED) is 0.0261. The van der Waals surface area contributed by atoms with E-state index in [1.807, 2.05) is 0 Å². The van der Waals surface area contributed by atoms with E-state index in [1.165, 1.54) is 205 Å². The Balaban J connectivity index is 2.13. The molecule has 0 aromatic heterocycles. The number of rotatable bonds is 54. The molecule has 1 saturated heterocycles. The van der Waals surface area contributed by atoms with Crippen molar-refractivity contribution in [1.82, 2.24) is 5.32 Å². The number of hydrogen-bond donors (Lipinski definition) is 6. The van der Waals surface area contributed by atoms with Gasteiger partial charge in [-0.1, -0.05) is 287 Å². The van der Waals surface area contributed by atoms with Crippen LogP contribution in [0, 0.1) is 0 Å². The van der Waals surface area contributed by atoms with E-state index in [0.29, 0.717) is 12.8 Å². The summed E-state index contributed by atoms with van der Waals surface area (Å²) < 4.78 is 11.3. The van der Waals surface area contributed by atoms with Gasteiger partial charge in [-0.3, -0.25) is 4.79 Å². The summed E-state index contributed by atoms with van der Waals surface area (Å²) in [6.45, 7) is 3.76. The minimum absolute atomic E-state index is 0.135. The molecule has 9 nitrogen and oxygen atoms in total. The fraction of sp³-hybridized carbons (Fsp3) is 0.859. The Labute approximate surface area is 450 Å². The van der Waals surface area contributed by atoms with Crippen LogP contribution in [0.5, 0.6) is 0 Å². The van der Waals surface area contributed by atoms with Crippen LogP contribution in [0.15, 0.2) is 48.6 Å². The molecule has 1 amide bonds. The Hall–Kier alpha value is -1.85. The average molecular weight is 1030 g/mol. The molecule has 7 atom stereocenters. The molecule has 0 aliphatic carbocycles. The largest absolute Gasteiger partial charge is 0.394 e. The van der Waals surface area contributed by atoms with Crippen LogP contribution >= 0.6 is 0 Å². The summed E-state index contributed by atoms with van der Waals surface area (Å²) in [6, 6.07) is -0.719. The Morgan fingerprint density at radius 3 is 1.26 bits per heavy atom. The van der Waals surface area contributed by atoms with Gasteiger partial charge in [-0.25, -0.2) is 0 Å². The van der Waals surface area contributed by atoms with Crippen molar-refractivity contribution in [3.63, 3.8) is 0 Å². The Bertz CT molecular complexity index is 1290. The number of ether oxygens (including phenoxy) is 2. The number of hydrogen-bond acceptors (Lipinski definition) is 8. The molecule has 0 aromatic rings. The van der Waals surface area contributed by atoms with Gasteiger partial charge < -0.3 is 40.3 Å². The first-order chi connectivity index (χ1) is 35.8. The first kappa shape index (κ1) is 69.2. The summed E-state index contributed by atoms with van der Waals surface area (Å²) >= 11 is 0. The van der Waals surface area contributed by atoms with Crippen molar-refractivity contribution in [2.45, 2.75) is 339 Å². The third-order valence-corrected chi connectivity index (χ3v) is 14.9. The second-order valence-corrected chi connectivity index (χ2v) is 21.8. The van der Waals surface area contributed by atoms with Crippen molar-refractivity contribution >= 4 is 5.91 Å². The molecule has 1 heterocycles. The number of nitrogens with one attached hydrogen (secondary N) is 1. The second-order valence-electron chi connectivity index (χ2n) is 21.8. The van der Waals surface area contributed by atoms with Crippen molar-refractivity contribution in [2.75, 3.05) is 13.2 Å². The van der Waals surface area contributed by atoms with Crippen molar-refractivity contribution in [1.29, 1.82) is 0 Å². The number of unbranched alkanes of at least 4 members (excludes halogenated alkanes) is 36. The van der Waals surface area contributed by atoms with Gasteiger partial charge in [0.25, 0.3) is 0 Å². The van der Waals surface area contributed by atoms with Crippen LogP contribution in [0.25, 0.3) is 0 Å². The number of carbonyl (C=O) groups is 1. The lowest BCUT2D eigenvalue weighted by atomic mass is 9.99.